The molecule has 0 atom stereocenters. The molecule has 1 aromatic carbocycles. The second-order valence-electron chi connectivity index (χ2n) is 7.39. The maximum Gasteiger partial charge on any atom is 0.283 e. The van der Waals surface area contributed by atoms with Crippen LogP contribution in [0.4, 0.5) is 0 Å². The van der Waals surface area contributed by atoms with Crippen LogP contribution in [0, 0.1) is 5.41 Å². The maximum atomic E-state index is 12.6. The van der Waals surface area contributed by atoms with Crippen LogP contribution in [0.2, 0.25) is 5.02 Å². The van der Waals surface area contributed by atoms with Gasteiger partial charge in [-0.25, -0.2) is 0 Å². The van der Waals surface area contributed by atoms with E-state index in [4.69, 9.17) is 21.4 Å². The highest BCUT2D eigenvalue weighted by Gasteiger charge is 2.35. The minimum absolute atomic E-state index is 0.0248. The minimum Gasteiger partial charge on any atom is -0.450 e. The average Bonchev–Trinajstić information content (AvgIpc) is 3.39. The van der Waals surface area contributed by atoms with Gasteiger partial charge in [-0.1, -0.05) is 56.0 Å². The molecule has 2 aliphatic rings. The molecule has 0 fully saturated rings. The number of carbonyl (C=O) groups excluding carboxylic acids is 1. The van der Waals surface area contributed by atoms with Crippen LogP contribution in [0.3, 0.4) is 0 Å². The number of amides is 1. The number of halogens is 1. The summed E-state index contributed by atoms with van der Waals surface area (Å²) in [7, 11) is 0. The van der Waals surface area contributed by atoms with Crippen LogP contribution in [0.5, 0.6) is 0 Å². The van der Waals surface area contributed by atoms with Crippen LogP contribution in [-0.4, -0.2) is 27.0 Å². The Morgan fingerprint density at radius 1 is 1.16 bits per heavy atom. The van der Waals surface area contributed by atoms with Gasteiger partial charge in [0.2, 0.25) is 5.17 Å². The summed E-state index contributed by atoms with van der Waals surface area (Å²) in [5.41, 5.74) is 0.166. The van der Waals surface area contributed by atoms with Crippen molar-refractivity contribution in [2.75, 3.05) is 0 Å². The first-order valence-corrected chi connectivity index (χ1v) is 12.6. The van der Waals surface area contributed by atoms with Gasteiger partial charge >= 0.3 is 0 Å². The molecule has 166 valence electrons. The summed E-state index contributed by atoms with van der Waals surface area (Å²) in [5.74, 6) is 0.0634. The maximum absolute atomic E-state index is 12.6. The highest BCUT2D eigenvalue weighted by molar-refractivity contribution is 8.26. The fraction of sp³-hybridized carbons (Fsp3) is 0.304. The fourth-order valence-corrected chi connectivity index (χ4v) is 5.07. The van der Waals surface area contributed by atoms with E-state index >= 15 is 0 Å². The molecule has 0 radical (unpaired) electrons. The number of rotatable bonds is 9. The zero-order valence-corrected chi connectivity index (χ0v) is 20.0. The zero-order valence-electron chi connectivity index (χ0n) is 17.6. The van der Waals surface area contributed by atoms with Gasteiger partial charge in [0.1, 0.15) is 10.8 Å². The molecule has 2 aromatic rings. The summed E-state index contributed by atoms with van der Waals surface area (Å²) in [6.45, 7) is 2.20. The van der Waals surface area contributed by atoms with Gasteiger partial charge in [-0.05, 0) is 67.1 Å². The molecule has 0 spiro atoms. The van der Waals surface area contributed by atoms with Crippen LogP contribution < -0.4 is 0 Å². The highest BCUT2D eigenvalue weighted by Crippen LogP contribution is 2.33. The summed E-state index contributed by atoms with van der Waals surface area (Å²) in [4.78, 5) is 17.7. The van der Waals surface area contributed by atoms with Crippen molar-refractivity contribution < 1.29 is 9.21 Å². The third-order valence-electron chi connectivity index (χ3n) is 4.91. The lowest BCUT2D eigenvalue weighted by Gasteiger charge is -2.19. The van der Waals surface area contributed by atoms with Crippen LogP contribution in [0.15, 0.2) is 66.5 Å². The summed E-state index contributed by atoms with van der Waals surface area (Å²) < 4.78 is 5.83. The zero-order chi connectivity index (χ0) is 22.5. The molecule has 3 heterocycles. The van der Waals surface area contributed by atoms with Crippen molar-refractivity contribution in [1.82, 2.24) is 5.01 Å². The number of fused-ring (bicyclic) bond motifs is 1. The lowest BCUT2D eigenvalue weighted by Crippen LogP contribution is -2.35. The van der Waals surface area contributed by atoms with E-state index in [0.717, 1.165) is 29.2 Å². The number of furan rings is 1. The number of amidine groups is 2. The van der Waals surface area contributed by atoms with Gasteiger partial charge < -0.3 is 4.42 Å². The van der Waals surface area contributed by atoms with Crippen LogP contribution in [0.1, 0.15) is 51.2 Å². The molecule has 9 heteroatoms. The molecule has 0 saturated heterocycles. The molecular formula is C23H23ClN4O2S2. The van der Waals surface area contributed by atoms with Crippen molar-refractivity contribution >= 4 is 63.2 Å². The predicted octanol–water partition coefficient (Wildman–Crippen LogP) is 7.06. The number of benzene rings is 1. The van der Waals surface area contributed by atoms with Crippen molar-refractivity contribution in [2.45, 2.75) is 55.4 Å². The van der Waals surface area contributed by atoms with Crippen molar-refractivity contribution in [3.8, 4) is 0 Å². The summed E-state index contributed by atoms with van der Waals surface area (Å²) >= 11 is 8.76. The number of hydrogen-bond donors (Lipinski definition) is 1. The second-order valence-corrected chi connectivity index (χ2v) is 9.95. The highest BCUT2D eigenvalue weighted by atomic mass is 35.5. The quantitative estimate of drug-likeness (QED) is 0.303. The second kappa shape index (κ2) is 10.6. The third kappa shape index (κ3) is 5.54. The molecule has 4 rings (SSSR count). The smallest absolute Gasteiger partial charge is 0.283 e. The number of carbonyl (C=O) groups is 1. The Balaban J connectivity index is 1.43. The van der Waals surface area contributed by atoms with Gasteiger partial charge in [-0.3, -0.25) is 10.2 Å². The number of aliphatic imine (C=N–C) groups is 1. The summed E-state index contributed by atoms with van der Waals surface area (Å²) in [6, 6.07) is 11.1. The largest absolute Gasteiger partial charge is 0.450 e. The van der Waals surface area contributed by atoms with Crippen LogP contribution in [-0.2, 0) is 4.79 Å². The molecule has 2 aliphatic heterocycles. The van der Waals surface area contributed by atoms with E-state index in [-0.39, 0.29) is 11.4 Å². The Bertz CT molecular complexity index is 1110. The van der Waals surface area contributed by atoms with Gasteiger partial charge in [-0.2, -0.15) is 15.1 Å². The molecule has 0 saturated carbocycles. The number of unbranched alkanes of at least 4 members (excludes halogenated alkanes) is 4. The van der Waals surface area contributed by atoms with E-state index in [1.165, 1.54) is 47.8 Å². The number of hydrogen-bond acceptors (Lipinski definition) is 6. The van der Waals surface area contributed by atoms with Crippen LogP contribution >= 0.6 is 35.1 Å². The number of thioether (sulfide) groups is 1. The molecule has 0 aliphatic carbocycles. The monoisotopic (exact) mass is 486 g/mol. The van der Waals surface area contributed by atoms with E-state index in [1.807, 2.05) is 30.3 Å². The Morgan fingerprint density at radius 2 is 1.94 bits per heavy atom. The van der Waals surface area contributed by atoms with E-state index in [9.17, 15) is 4.79 Å². The standard InChI is InChI=1S/C23H23ClN4O2S2/c1-2-3-4-5-6-7-19-27-28-21(25)18(22(29)26-23(28)32-19)14-16-10-13-20(30-16)31-17-11-8-15(24)9-12-17/h8-14,25H,2-7H2,1H3/b18-14-,25-21?. The number of nitrogens with one attached hydrogen (secondary N) is 1. The van der Waals surface area contributed by atoms with Gasteiger partial charge in [0.25, 0.3) is 5.91 Å². The fourth-order valence-electron chi connectivity index (χ4n) is 3.24. The van der Waals surface area contributed by atoms with E-state index in [1.54, 1.807) is 12.1 Å². The molecule has 0 unspecified atom stereocenters. The van der Waals surface area contributed by atoms with Gasteiger partial charge in [0.05, 0.1) is 5.57 Å². The molecule has 32 heavy (non-hydrogen) atoms. The van der Waals surface area contributed by atoms with E-state index in [2.05, 4.69) is 17.0 Å². The van der Waals surface area contributed by atoms with Crippen molar-refractivity contribution in [1.29, 1.82) is 5.41 Å². The van der Waals surface area contributed by atoms with Crippen LogP contribution in [0.25, 0.3) is 6.08 Å². The predicted molar refractivity (Wildman–Crippen MR) is 133 cm³/mol. The van der Waals surface area contributed by atoms with E-state index < -0.39 is 5.91 Å². The normalized spacial score (nSPS) is 17.1. The van der Waals surface area contributed by atoms with Crippen molar-refractivity contribution in [3.05, 3.63) is 52.8 Å². The average molecular weight is 487 g/mol. The SMILES string of the molecule is CCCCCCCC1=NN2C(=N)/C(=C/c3ccc(Sc4ccc(Cl)cc4)o3)C(=O)N=C2S1. The first-order valence-electron chi connectivity index (χ1n) is 10.6. The lowest BCUT2D eigenvalue weighted by molar-refractivity contribution is -0.114. The third-order valence-corrected chi connectivity index (χ3v) is 7.06. The summed E-state index contributed by atoms with van der Waals surface area (Å²) in [5, 5.41) is 17.2. The Hall–Kier alpha value is -2.29. The van der Waals surface area contributed by atoms with Crippen molar-refractivity contribution in [2.24, 2.45) is 10.1 Å². The molecule has 1 N–H and O–H groups in total. The molecular weight excluding hydrogens is 464 g/mol. The van der Waals surface area contributed by atoms with Gasteiger partial charge in [-0.15, -0.1) is 0 Å². The topological polar surface area (TPSA) is 82.0 Å². The first kappa shape index (κ1) is 22.9. The van der Waals surface area contributed by atoms with Crippen molar-refractivity contribution in [3.63, 3.8) is 0 Å². The Labute approximate surface area is 200 Å². The molecule has 0 bridgehead atoms. The molecule has 1 aromatic heterocycles. The Kier molecular flexibility index (Phi) is 7.55. The van der Waals surface area contributed by atoms with E-state index in [0.29, 0.717) is 21.0 Å². The van der Waals surface area contributed by atoms with Gasteiger partial charge in [0, 0.05) is 9.92 Å². The first-order chi connectivity index (χ1) is 15.5. The van der Waals surface area contributed by atoms with Gasteiger partial charge in [0.15, 0.2) is 10.9 Å². The molecule has 6 nitrogen and oxygen atoms in total. The minimum atomic E-state index is -0.448. The lowest BCUT2D eigenvalue weighted by atomic mass is 10.1. The molecule has 1 amide bonds. The number of nitrogens with zero attached hydrogens (tertiary/aromatic N) is 3. The summed E-state index contributed by atoms with van der Waals surface area (Å²) in [6.07, 6.45) is 8.30. The number of hydrazone groups is 1. The Morgan fingerprint density at radius 3 is 2.72 bits per heavy atom.